The molecule has 1 aromatic carbocycles. The highest BCUT2D eigenvalue weighted by Crippen LogP contribution is 2.28. The zero-order valence-electron chi connectivity index (χ0n) is 11.9. The van der Waals surface area contributed by atoms with Crippen LogP contribution in [-0.4, -0.2) is 11.0 Å². The Bertz CT molecular complexity index is 503. The molecule has 19 heavy (non-hydrogen) atoms. The van der Waals surface area contributed by atoms with Gasteiger partial charge in [0.25, 0.3) is 0 Å². The molecule has 0 radical (unpaired) electrons. The normalized spacial score (nSPS) is 11.2. The number of aromatic nitrogens is 1. The van der Waals surface area contributed by atoms with E-state index in [-0.39, 0.29) is 0 Å². The van der Waals surface area contributed by atoms with E-state index in [0.29, 0.717) is 6.04 Å². The molecule has 2 aromatic rings. The monoisotopic (exact) mass is 274 g/mol. The molecule has 0 bridgehead atoms. The first-order chi connectivity index (χ1) is 9.20. The van der Waals surface area contributed by atoms with Gasteiger partial charge in [-0.1, -0.05) is 51.1 Å². The van der Waals surface area contributed by atoms with Gasteiger partial charge in [-0.05, 0) is 12.8 Å². The summed E-state index contributed by atoms with van der Waals surface area (Å²) < 4.78 is 0. The Kier molecular flexibility index (Phi) is 5.11. The summed E-state index contributed by atoms with van der Waals surface area (Å²) in [5.41, 5.74) is 2.38. The van der Waals surface area contributed by atoms with Crippen LogP contribution in [-0.2, 0) is 13.0 Å². The van der Waals surface area contributed by atoms with Crippen LogP contribution in [0.3, 0.4) is 0 Å². The molecule has 1 heterocycles. The fraction of sp³-hybridized carbons (Fsp3) is 0.438. The highest BCUT2D eigenvalue weighted by molar-refractivity contribution is 7.12. The SMILES string of the molecule is CCCc1nc(-c2ccccc2)c(CNC(C)C)s1. The molecule has 0 amide bonds. The van der Waals surface area contributed by atoms with Crippen molar-refractivity contribution < 1.29 is 0 Å². The number of hydrogen-bond donors (Lipinski definition) is 1. The fourth-order valence-corrected chi connectivity index (χ4v) is 3.10. The number of nitrogens with one attached hydrogen (secondary N) is 1. The first-order valence-corrected chi connectivity index (χ1v) is 7.79. The van der Waals surface area contributed by atoms with Gasteiger partial charge in [-0.3, -0.25) is 0 Å². The first kappa shape index (κ1) is 14.2. The summed E-state index contributed by atoms with van der Waals surface area (Å²) in [6.45, 7) is 7.46. The van der Waals surface area contributed by atoms with E-state index in [1.54, 1.807) is 0 Å². The van der Waals surface area contributed by atoms with E-state index in [0.717, 1.165) is 25.1 Å². The molecule has 0 atom stereocenters. The quantitative estimate of drug-likeness (QED) is 0.851. The first-order valence-electron chi connectivity index (χ1n) is 6.98. The molecular weight excluding hydrogens is 252 g/mol. The van der Waals surface area contributed by atoms with E-state index in [1.165, 1.54) is 15.4 Å². The van der Waals surface area contributed by atoms with Crippen molar-refractivity contribution in [3.8, 4) is 11.3 Å². The molecule has 0 spiro atoms. The van der Waals surface area contributed by atoms with E-state index in [2.05, 4.69) is 56.4 Å². The number of rotatable bonds is 6. The van der Waals surface area contributed by atoms with Crippen molar-refractivity contribution in [1.82, 2.24) is 10.3 Å². The molecular formula is C16H22N2S. The average molecular weight is 274 g/mol. The van der Waals surface area contributed by atoms with Crippen LogP contribution >= 0.6 is 11.3 Å². The van der Waals surface area contributed by atoms with E-state index in [9.17, 15) is 0 Å². The highest BCUT2D eigenvalue weighted by atomic mass is 32.1. The standard InChI is InChI=1S/C16H22N2S/c1-4-8-15-18-16(13-9-6-5-7-10-13)14(19-15)11-17-12(2)3/h5-7,9-10,12,17H,4,8,11H2,1-3H3. The summed E-state index contributed by atoms with van der Waals surface area (Å²) in [4.78, 5) is 6.18. The molecule has 0 aliphatic rings. The molecule has 0 saturated carbocycles. The van der Waals surface area contributed by atoms with E-state index < -0.39 is 0 Å². The third-order valence-corrected chi connectivity index (χ3v) is 4.04. The van der Waals surface area contributed by atoms with Crippen molar-refractivity contribution in [2.75, 3.05) is 0 Å². The van der Waals surface area contributed by atoms with Gasteiger partial charge < -0.3 is 5.32 Å². The molecule has 1 aromatic heterocycles. The molecule has 2 rings (SSSR count). The van der Waals surface area contributed by atoms with Gasteiger partial charge in [0, 0.05) is 23.0 Å². The van der Waals surface area contributed by atoms with E-state index >= 15 is 0 Å². The number of hydrogen-bond acceptors (Lipinski definition) is 3. The average Bonchev–Trinajstić information content (AvgIpc) is 2.81. The Morgan fingerprint density at radius 3 is 2.58 bits per heavy atom. The van der Waals surface area contributed by atoms with Crippen molar-refractivity contribution in [3.63, 3.8) is 0 Å². The lowest BCUT2D eigenvalue weighted by atomic mass is 10.1. The lowest BCUT2D eigenvalue weighted by molar-refractivity contribution is 0.593. The minimum atomic E-state index is 0.500. The van der Waals surface area contributed by atoms with Crippen LogP contribution in [0, 0.1) is 0 Å². The van der Waals surface area contributed by atoms with Crippen LogP contribution in [0.15, 0.2) is 30.3 Å². The maximum absolute atomic E-state index is 4.83. The summed E-state index contributed by atoms with van der Waals surface area (Å²) in [5.74, 6) is 0. The van der Waals surface area contributed by atoms with Crippen molar-refractivity contribution in [1.29, 1.82) is 0 Å². The lowest BCUT2D eigenvalue weighted by Gasteiger charge is -2.07. The van der Waals surface area contributed by atoms with Gasteiger partial charge in [-0.25, -0.2) is 4.98 Å². The van der Waals surface area contributed by atoms with Crippen molar-refractivity contribution in [3.05, 3.63) is 40.2 Å². The maximum Gasteiger partial charge on any atom is 0.0935 e. The largest absolute Gasteiger partial charge is 0.310 e. The van der Waals surface area contributed by atoms with Gasteiger partial charge in [-0.2, -0.15) is 0 Å². The Labute approximate surface area is 119 Å². The third-order valence-electron chi connectivity index (χ3n) is 2.92. The summed E-state index contributed by atoms with van der Waals surface area (Å²) in [6, 6.07) is 11.0. The highest BCUT2D eigenvalue weighted by Gasteiger charge is 2.12. The molecule has 0 fully saturated rings. The zero-order valence-corrected chi connectivity index (χ0v) is 12.8. The number of nitrogens with zero attached hydrogens (tertiary/aromatic N) is 1. The predicted octanol–water partition coefficient (Wildman–Crippen LogP) is 4.26. The van der Waals surface area contributed by atoms with Gasteiger partial charge in [0.05, 0.1) is 10.7 Å². The summed E-state index contributed by atoms with van der Waals surface area (Å²) >= 11 is 1.85. The molecule has 102 valence electrons. The van der Waals surface area contributed by atoms with Gasteiger partial charge in [-0.15, -0.1) is 11.3 Å². The van der Waals surface area contributed by atoms with Crippen molar-refractivity contribution >= 4 is 11.3 Å². The Morgan fingerprint density at radius 2 is 1.95 bits per heavy atom. The second-order valence-corrected chi connectivity index (χ2v) is 6.20. The topological polar surface area (TPSA) is 24.9 Å². The van der Waals surface area contributed by atoms with Crippen LogP contribution in [0.25, 0.3) is 11.3 Å². The summed E-state index contributed by atoms with van der Waals surface area (Å²) in [7, 11) is 0. The number of benzene rings is 1. The minimum Gasteiger partial charge on any atom is -0.310 e. The molecule has 0 unspecified atom stereocenters. The smallest absolute Gasteiger partial charge is 0.0935 e. The van der Waals surface area contributed by atoms with Crippen molar-refractivity contribution in [2.45, 2.75) is 46.2 Å². The predicted molar refractivity (Wildman–Crippen MR) is 83.5 cm³/mol. The van der Waals surface area contributed by atoms with Crippen LogP contribution in [0.5, 0.6) is 0 Å². The van der Waals surface area contributed by atoms with Crippen LogP contribution in [0.1, 0.15) is 37.1 Å². The molecule has 0 aliphatic carbocycles. The second kappa shape index (κ2) is 6.83. The molecule has 3 heteroatoms. The van der Waals surface area contributed by atoms with Gasteiger partial charge >= 0.3 is 0 Å². The second-order valence-electron chi connectivity index (χ2n) is 5.03. The summed E-state index contributed by atoms with van der Waals surface area (Å²) in [6.07, 6.45) is 2.23. The van der Waals surface area contributed by atoms with Crippen LogP contribution in [0.2, 0.25) is 0 Å². The Balaban J connectivity index is 2.29. The molecule has 2 nitrogen and oxygen atoms in total. The van der Waals surface area contributed by atoms with Crippen molar-refractivity contribution in [2.24, 2.45) is 0 Å². The Morgan fingerprint density at radius 1 is 1.21 bits per heavy atom. The maximum atomic E-state index is 4.83. The van der Waals surface area contributed by atoms with Gasteiger partial charge in [0.1, 0.15) is 0 Å². The fourth-order valence-electron chi connectivity index (χ4n) is 1.96. The third kappa shape index (κ3) is 3.88. The van der Waals surface area contributed by atoms with E-state index in [1.807, 2.05) is 11.3 Å². The Hall–Kier alpha value is -1.19. The van der Waals surface area contributed by atoms with Crippen LogP contribution in [0.4, 0.5) is 0 Å². The van der Waals surface area contributed by atoms with Gasteiger partial charge in [0.15, 0.2) is 0 Å². The number of thiazole rings is 1. The number of aryl methyl sites for hydroxylation is 1. The molecule has 1 N–H and O–H groups in total. The molecule has 0 saturated heterocycles. The van der Waals surface area contributed by atoms with Crippen LogP contribution < -0.4 is 5.32 Å². The zero-order chi connectivity index (χ0) is 13.7. The van der Waals surface area contributed by atoms with Gasteiger partial charge in [0.2, 0.25) is 0 Å². The lowest BCUT2D eigenvalue weighted by Crippen LogP contribution is -2.21. The van der Waals surface area contributed by atoms with E-state index in [4.69, 9.17) is 4.98 Å². The minimum absolute atomic E-state index is 0.500. The molecule has 0 aliphatic heterocycles. The summed E-state index contributed by atoms with van der Waals surface area (Å²) in [5, 5.41) is 4.75.